The van der Waals surface area contributed by atoms with Crippen LogP contribution in [0, 0.1) is 0 Å². The summed E-state index contributed by atoms with van der Waals surface area (Å²) in [6.45, 7) is 11.0. The number of morpholine rings is 1. The van der Waals surface area contributed by atoms with Gasteiger partial charge >= 0.3 is 0 Å². The molecule has 1 fully saturated rings. The molecule has 154 valence electrons. The summed E-state index contributed by atoms with van der Waals surface area (Å²) in [6, 6.07) is 10.4. The molecule has 1 aliphatic rings. The van der Waals surface area contributed by atoms with E-state index in [1.165, 1.54) is 5.56 Å². The highest BCUT2D eigenvalue weighted by atomic mass is 32.1. The average molecular weight is 404 g/mol. The van der Waals surface area contributed by atoms with Gasteiger partial charge in [0, 0.05) is 43.5 Å². The van der Waals surface area contributed by atoms with Gasteiger partial charge in [-0.1, -0.05) is 51.1 Å². The van der Waals surface area contributed by atoms with Gasteiger partial charge in [0.25, 0.3) is 0 Å². The number of likely N-dealkylation sites (N-methyl/N-ethyl adjacent to an activating group) is 1. The van der Waals surface area contributed by atoms with Crippen LogP contribution in [0.25, 0.3) is 0 Å². The van der Waals surface area contributed by atoms with Gasteiger partial charge in [0.1, 0.15) is 11.1 Å². The van der Waals surface area contributed by atoms with Crippen LogP contribution < -0.4 is 0 Å². The first kappa shape index (κ1) is 21.4. The Labute approximate surface area is 173 Å². The van der Waals surface area contributed by atoms with Crippen LogP contribution in [0.2, 0.25) is 0 Å². The van der Waals surface area contributed by atoms with E-state index in [-0.39, 0.29) is 17.6 Å². The first-order valence-corrected chi connectivity index (χ1v) is 10.9. The number of thiazole rings is 1. The van der Waals surface area contributed by atoms with Gasteiger partial charge in [-0.25, -0.2) is 4.98 Å². The average Bonchev–Trinajstić information content (AvgIpc) is 3.13. The molecule has 1 aromatic heterocycles. The highest BCUT2D eigenvalue weighted by Gasteiger charge is 2.27. The van der Waals surface area contributed by atoms with Gasteiger partial charge in [-0.05, 0) is 12.6 Å². The van der Waals surface area contributed by atoms with Crippen LogP contribution in [0.15, 0.2) is 35.7 Å². The Morgan fingerprint density at radius 2 is 2.07 bits per heavy atom. The molecule has 0 spiro atoms. The number of rotatable bonds is 7. The lowest BCUT2D eigenvalue weighted by Gasteiger charge is -2.34. The number of aliphatic hydroxyl groups is 1. The van der Waals surface area contributed by atoms with Gasteiger partial charge in [0.15, 0.2) is 0 Å². The second-order valence-electron chi connectivity index (χ2n) is 8.78. The number of hydrogen-bond acceptors (Lipinski definition) is 6. The lowest BCUT2D eigenvalue weighted by atomic mass is 9.93. The van der Waals surface area contributed by atoms with Crippen molar-refractivity contribution < 1.29 is 9.84 Å². The second kappa shape index (κ2) is 9.46. The summed E-state index contributed by atoms with van der Waals surface area (Å²) in [4.78, 5) is 9.28. The van der Waals surface area contributed by atoms with E-state index in [1.54, 1.807) is 11.3 Å². The van der Waals surface area contributed by atoms with E-state index < -0.39 is 0 Å². The van der Waals surface area contributed by atoms with Crippen LogP contribution in [0.1, 0.15) is 43.1 Å². The van der Waals surface area contributed by atoms with Gasteiger partial charge in [-0.2, -0.15) is 0 Å². The van der Waals surface area contributed by atoms with Gasteiger partial charge < -0.3 is 9.84 Å². The summed E-state index contributed by atoms with van der Waals surface area (Å²) in [5, 5.41) is 13.8. The minimum Gasteiger partial charge on any atom is -0.390 e. The molecule has 1 saturated heterocycles. The van der Waals surface area contributed by atoms with Crippen LogP contribution in [0.3, 0.4) is 0 Å². The molecule has 6 heteroatoms. The molecule has 2 aromatic rings. The predicted molar refractivity (Wildman–Crippen MR) is 115 cm³/mol. The summed E-state index contributed by atoms with van der Waals surface area (Å²) < 4.78 is 5.98. The smallest absolute Gasteiger partial charge is 0.123 e. The molecule has 2 unspecified atom stereocenters. The number of aliphatic hydroxyl groups excluding tert-OH is 1. The molecule has 0 amide bonds. The van der Waals surface area contributed by atoms with Crippen molar-refractivity contribution >= 4 is 11.3 Å². The SMILES string of the molecule is CN(Cc1ccccc1)CC(O)CN1CCOC(c2nc(C(C)(C)C)cs2)C1. The van der Waals surface area contributed by atoms with Crippen molar-refractivity contribution in [2.75, 3.05) is 39.8 Å². The zero-order valence-corrected chi connectivity index (χ0v) is 18.3. The zero-order chi connectivity index (χ0) is 20.1. The summed E-state index contributed by atoms with van der Waals surface area (Å²) in [7, 11) is 2.06. The normalized spacial score (nSPS) is 19.9. The third-order valence-electron chi connectivity index (χ3n) is 5.00. The van der Waals surface area contributed by atoms with E-state index >= 15 is 0 Å². The van der Waals surface area contributed by atoms with Crippen LogP contribution >= 0.6 is 11.3 Å². The fourth-order valence-corrected chi connectivity index (χ4v) is 4.56. The van der Waals surface area contributed by atoms with Crippen molar-refractivity contribution in [3.8, 4) is 0 Å². The molecular formula is C22H33N3O2S. The number of nitrogens with zero attached hydrogens (tertiary/aromatic N) is 3. The number of β-amino-alcohol motifs (C(OH)–C–C–N with tert-alkyl or cyclic N) is 1. The van der Waals surface area contributed by atoms with Crippen LogP contribution in [0.4, 0.5) is 0 Å². The molecule has 1 N–H and O–H groups in total. The molecule has 1 aliphatic heterocycles. The molecule has 0 radical (unpaired) electrons. The minimum absolute atomic E-state index is 0.00379. The fourth-order valence-electron chi connectivity index (χ4n) is 3.47. The number of ether oxygens (including phenoxy) is 1. The molecule has 0 saturated carbocycles. The maximum absolute atomic E-state index is 10.6. The Kier molecular flexibility index (Phi) is 7.23. The molecule has 2 atom stereocenters. The van der Waals surface area contributed by atoms with E-state index in [0.717, 1.165) is 30.3 Å². The van der Waals surface area contributed by atoms with E-state index in [2.05, 4.69) is 67.3 Å². The zero-order valence-electron chi connectivity index (χ0n) is 17.5. The van der Waals surface area contributed by atoms with Crippen molar-refractivity contribution in [1.82, 2.24) is 14.8 Å². The Bertz CT molecular complexity index is 729. The highest BCUT2D eigenvalue weighted by molar-refractivity contribution is 7.09. The largest absolute Gasteiger partial charge is 0.390 e. The first-order valence-electron chi connectivity index (χ1n) is 10.0. The van der Waals surface area contributed by atoms with Crippen LogP contribution in [-0.4, -0.2) is 65.8 Å². The maximum Gasteiger partial charge on any atom is 0.123 e. The first-order chi connectivity index (χ1) is 13.3. The molecule has 0 bridgehead atoms. The van der Waals surface area contributed by atoms with E-state index in [0.29, 0.717) is 19.7 Å². The summed E-state index contributed by atoms with van der Waals surface area (Å²) >= 11 is 1.68. The molecule has 28 heavy (non-hydrogen) atoms. The van der Waals surface area contributed by atoms with Gasteiger partial charge in [0.05, 0.1) is 18.4 Å². The monoisotopic (exact) mass is 403 g/mol. The molecule has 5 nitrogen and oxygen atoms in total. The molecule has 0 aliphatic carbocycles. The lowest BCUT2D eigenvalue weighted by molar-refractivity contribution is -0.0445. The number of aromatic nitrogens is 1. The van der Waals surface area contributed by atoms with Gasteiger partial charge in [0.2, 0.25) is 0 Å². The highest BCUT2D eigenvalue weighted by Crippen LogP contribution is 2.30. The quantitative estimate of drug-likeness (QED) is 0.769. The molecule has 2 heterocycles. The van der Waals surface area contributed by atoms with Gasteiger partial charge in [-0.15, -0.1) is 11.3 Å². The minimum atomic E-state index is -0.381. The number of benzene rings is 1. The molecular weight excluding hydrogens is 370 g/mol. The van der Waals surface area contributed by atoms with Gasteiger partial charge in [-0.3, -0.25) is 9.80 Å². The van der Waals surface area contributed by atoms with Crippen molar-refractivity contribution in [3.05, 3.63) is 52.0 Å². The Balaban J connectivity index is 1.49. The molecule has 3 rings (SSSR count). The second-order valence-corrected chi connectivity index (χ2v) is 9.67. The van der Waals surface area contributed by atoms with Crippen molar-refractivity contribution in [1.29, 1.82) is 0 Å². The fraction of sp³-hybridized carbons (Fsp3) is 0.591. The summed E-state index contributed by atoms with van der Waals surface area (Å²) in [5.41, 5.74) is 2.45. The van der Waals surface area contributed by atoms with E-state index in [1.807, 2.05) is 6.07 Å². The van der Waals surface area contributed by atoms with E-state index in [4.69, 9.17) is 9.72 Å². The summed E-state index contributed by atoms with van der Waals surface area (Å²) in [6.07, 6.45) is -0.377. The van der Waals surface area contributed by atoms with Crippen LogP contribution in [-0.2, 0) is 16.7 Å². The topological polar surface area (TPSA) is 48.8 Å². The Hall–Kier alpha value is -1.31. The van der Waals surface area contributed by atoms with Crippen LogP contribution in [0.5, 0.6) is 0 Å². The standard InChI is InChI=1S/C22H33N3O2S/c1-22(2,3)20-16-28-21(23-20)19-15-25(10-11-27-19)14-18(26)13-24(4)12-17-8-6-5-7-9-17/h5-9,16,18-19,26H,10-15H2,1-4H3. The Morgan fingerprint density at radius 3 is 2.75 bits per heavy atom. The number of hydrogen-bond donors (Lipinski definition) is 1. The maximum atomic E-state index is 10.6. The lowest BCUT2D eigenvalue weighted by Crippen LogP contribution is -2.45. The third kappa shape index (κ3) is 6.09. The van der Waals surface area contributed by atoms with E-state index in [9.17, 15) is 5.11 Å². The Morgan fingerprint density at radius 1 is 1.32 bits per heavy atom. The summed E-state index contributed by atoms with van der Waals surface area (Å²) in [5.74, 6) is 0. The molecule has 1 aromatic carbocycles. The third-order valence-corrected chi connectivity index (χ3v) is 5.94. The van der Waals surface area contributed by atoms with Crippen molar-refractivity contribution in [3.63, 3.8) is 0 Å². The van der Waals surface area contributed by atoms with Crippen molar-refractivity contribution in [2.45, 2.75) is 44.9 Å². The van der Waals surface area contributed by atoms with Crippen molar-refractivity contribution in [2.24, 2.45) is 0 Å². The predicted octanol–water partition coefficient (Wildman–Crippen LogP) is 3.31.